The molecule has 0 aliphatic carbocycles. The molecule has 44 heavy (non-hydrogen) atoms. The molecule has 0 atom stereocenters. The standard InChI is InChI=1S/C33H44N6O4S/c1-8-11-22(4)30-31(34-6)37-33(38-32(30)35-26-12-9-10-13-29(26)44(41,42)21(2)3)36-27-18-23(5)25(19-28(27)43-7)24-14-16-39(20-40)17-15-24/h9-13,18-21,24H,8,14-17H2,1-7H3,(H3,34,35,36,37,38)/b22-11+. The van der Waals surface area contributed by atoms with Crippen LogP contribution in [-0.4, -0.2) is 62.2 Å². The minimum atomic E-state index is -3.57. The highest BCUT2D eigenvalue weighted by Gasteiger charge is 2.25. The Kier molecular flexibility index (Phi) is 10.5. The van der Waals surface area contributed by atoms with E-state index in [9.17, 15) is 13.2 Å². The van der Waals surface area contributed by atoms with Gasteiger partial charge in [0, 0.05) is 20.1 Å². The van der Waals surface area contributed by atoms with Gasteiger partial charge in [-0.15, -0.1) is 0 Å². The summed E-state index contributed by atoms with van der Waals surface area (Å²) in [6.07, 6.45) is 5.62. The number of nitrogens with zero attached hydrogens (tertiary/aromatic N) is 3. The van der Waals surface area contributed by atoms with Gasteiger partial charge in [-0.2, -0.15) is 9.97 Å². The lowest BCUT2D eigenvalue weighted by molar-refractivity contribution is -0.119. The van der Waals surface area contributed by atoms with E-state index in [2.05, 4.69) is 41.9 Å². The third-order valence-corrected chi connectivity index (χ3v) is 10.3. The van der Waals surface area contributed by atoms with E-state index in [1.165, 1.54) is 5.56 Å². The van der Waals surface area contributed by atoms with E-state index >= 15 is 0 Å². The van der Waals surface area contributed by atoms with Crippen LogP contribution in [-0.2, 0) is 14.6 Å². The molecule has 10 nitrogen and oxygen atoms in total. The number of anilines is 5. The van der Waals surface area contributed by atoms with Gasteiger partial charge >= 0.3 is 0 Å². The van der Waals surface area contributed by atoms with E-state index in [-0.39, 0.29) is 4.90 Å². The molecule has 1 aliphatic heterocycles. The number of amides is 1. The van der Waals surface area contributed by atoms with Crippen molar-refractivity contribution in [3.05, 3.63) is 59.2 Å². The molecule has 236 valence electrons. The maximum Gasteiger partial charge on any atom is 0.231 e. The van der Waals surface area contributed by atoms with Crippen molar-refractivity contribution in [2.24, 2.45) is 0 Å². The van der Waals surface area contributed by atoms with Crippen molar-refractivity contribution < 1.29 is 17.9 Å². The molecule has 2 aromatic carbocycles. The molecular weight excluding hydrogens is 576 g/mol. The van der Waals surface area contributed by atoms with Gasteiger partial charge in [0.15, 0.2) is 9.84 Å². The molecule has 3 N–H and O–H groups in total. The Morgan fingerprint density at radius 1 is 1.09 bits per heavy atom. The van der Waals surface area contributed by atoms with Crippen molar-refractivity contribution in [1.29, 1.82) is 0 Å². The summed E-state index contributed by atoms with van der Waals surface area (Å²) >= 11 is 0. The number of hydrogen-bond acceptors (Lipinski definition) is 9. The minimum Gasteiger partial charge on any atom is -0.495 e. The quantitative estimate of drug-likeness (QED) is 0.191. The number of sulfone groups is 1. The van der Waals surface area contributed by atoms with E-state index in [0.717, 1.165) is 55.5 Å². The van der Waals surface area contributed by atoms with Crippen LogP contribution >= 0.6 is 0 Å². The second-order valence-electron chi connectivity index (χ2n) is 11.3. The molecule has 0 radical (unpaired) electrons. The SMILES string of the molecule is CC/C=C(\C)c1c(NC)nc(Nc2cc(C)c(C3CCN(C=O)CC3)cc2OC)nc1Nc1ccccc1S(=O)(=O)C(C)C. The van der Waals surface area contributed by atoms with E-state index < -0.39 is 15.1 Å². The molecular formula is C33H44N6O4S. The van der Waals surface area contributed by atoms with Crippen LogP contribution in [0.5, 0.6) is 5.75 Å². The Morgan fingerprint density at radius 3 is 2.39 bits per heavy atom. The highest BCUT2D eigenvalue weighted by Crippen LogP contribution is 2.39. The molecule has 1 fully saturated rings. The van der Waals surface area contributed by atoms with Crippen LogP contribution in [0.15, 0.2) is 47.4 Å². The van der Waals surface area contributed by atoms with Gasteiger partial charge < -0.3 is 25.6 Å². The fraction of sp³-hybridized carbons (Fsp3) is 0.424. The fourth-order valence-corrected chi connectivity index (χ4v) is 6.82. The predicted octanol–water partition coefficient (Wildman–Crippen LogP) is 6.65. The summed E-state index contributed by atoms with van der Waals surface area (Å²) < 4.78 is 32.3. The molecule has 0 spiro atoms. The fourth-order valence-electron chi connectivity index (χ4n) is 5.62. The predicted molar refractivity (Wildman–Crippen MR) is 178 cm³/mol. The van der Waals surface area contributed by atoms with Crippen LogP contribution in [0.3, 0.4) is 0 Å². The summed E-state index contributed by atoms with van der Waals surface area (Å²) in [5, 5.41) is 9.30. The molecule has 3 aromatic rings. The lowest BCUT2D eigenvalue weighted by Gasteiger charge is -2.30. The zero-order valence-electron chi connectivity index (χ0n) is 26.7. The van der Waals surface area contributed by atoms with Gasteiger partial charge in [-0.05, 0) is 93.8 Å². The van der Waals surface area contributed by atoms with Gasteiger partial charge in [0.25, 0.3) is 0 Å². The Hall–Kier alpha value is -4.12. The normalized spacial score (nSPS) is 14.5. The van der Waals surface area contributed by atoms with Crippen LogP contribution in [0.25, 0.3) is 5.57 Å². The molecule has 1 aromatic heterocycles. The smallest absolute Gasteiger partial charge is 0.231 e. The number of benzene rings is 2. The van der Waals surface area contributed by atoms with Crippen molar-refractivity contribution in [3.63, 3.8) is 0 Å². The van der Waals surface area contributed by atoms with Crippen LogP contribution in [0.4, 0.5) is 29.0 Å². The topological polar surface area (TPSA) is 126 Å². The van der Waals surface area contributed by atoms with Crippen LogP contribution < -0.4 is 20.7 Å². The van der Waals surface area contributed by atoms with Crippen molar-refractivity contribution in [3.8, 4) is 5.75 Å². The van der Waals surface area contributed by atoms with Crippen molar-refractivity contribution in [2.75, 3.05) is 43.2 Å². The number of aromatic nitrogens is 2. The van der Waals surface area contributed by atoms with E-state index in [1.54, 1.807) is 52.3 Å². The zero-order valence-corrected chi connectivity index (χ0v) is 27.5. The van der Waals surface area contributed by atoms with Crippen LogP contribution in [0, 0.1) is 6.92 Å². The summed E-state index contributed by atoms with van der Waals surface area (Å²) in [6, 6.07) is 11.0. The molecule has 4 rings (SSSR count). The molecule has 0 saturated carbocycles. The maximum atomic E-state index is 13.2. The van der Waals surface area contributed by atoms with Crippen molar-refractivity contribution in [2.45, 2.75) is 69.9 Å². The molecule has 0 unspecified atom stereocenters. The second-order valence-corrected chi connectivity index (χ2v) is 13.8. The minimum absolute atomic E-state index is 0.212. The maximum absolute atomic E-state index is 13.2. The number of hydrogen-bond donors (Lipinski definition) is 3. The first-order valence-electron chi connectivity index (χ1n) is 15.1. The number of allylic oxidation sites excluding steroid dienone is 2. The number of rotatable bonds is 12. The van der Waals surface area contributed by atoms with Crippen molar-refractivity contribution in [1.82, 2.24) is 14.9 Å². The summed E-state index contributed by atoms with van der Waals surface area (Å²) in [7, 11) is -0.134. The summed E-state index contributed by atoms with van der Waals surface area (Å²) in [5.41, 5.74) is 5.16. The van der Waals surface area contributed by atoms with Crippen LogP contribution in [0.1, 0.15) is 69.6 Å². The van der Waals surface area contributed by atoms with Gasteiger partial charge in [0.2, 0.25) is 12.4 Å². The number of methoxy groups -OCH3 is 1. The second kappa shape index (κ2) is 14.1. The van der Waals surface area contributed by atoms with Gasteiger partial charge in [-0.1, -0.05) is 25.1 Å². The van der Waals surface area contributed by atoms with Gasteiger partial charge in [-0.3, -0.25) is 4.79 Å². The summed E-state index contributed by atoms with van der Waals surface area (Å²) in [4.78, 5) is 22.9. The third kappa shape index (κ3) is 6.99. The first-order chi connectivity index (χ1) is 21.0. The molecule has 1 amide bonds. The average Bonchev–Trinajstić information content (AvgIpc) is 3.01. The lowest BCUT2D eigenvalue weighted by atomic mass is 9.86. The number of ether oxygens (including phenoxy) is 1. The third-order valence-electron chi connectivity index (χ3n) is 8.07. The van der Waals surface area contributed by atoms with E-state index in [1.807, 2.05) is 17.9 Å². The largest absolute Gasteiger partial charge is 0.495 e. The molecule has 1 aliphatic rings. The molecule has 1 saturated heterocycles. The number of nitrogens with one attached hydrogen (secondary N) is 3. The highest BCUT2D eigenvalue weighted by atomic mass is 32.2. The van der Waals surface area contributed by atoms with Crippen LogP contribution in [0.2, 0.25) is 0 Å². The number of likely N-dealkylation sites (tertiary alicyclic amines) is 1. The Morgan fingerprint density at radius 2 is 1.77 bits per heavy atom. The number of carbonyl (C=O) groups is 1. The molecule has 2 heterocycles. The lowest BCUT2D eigenvalue weighted by Crippen LogP contribution is -2.31. The van der Waals surface area contributed by atoms with E-state index in [4.69, 9.17) is 14.7 Å². The van der Waals surface area contributed by atoms with Gasteiger partial charge in [0.1, 0.15) is 17.4 Å². The number of carbonyl (C=O) groups excluding carboxylic acids is 1. The number of piperidine rings is 1. The van der Waals surface area contributed by atoms with Gasteiger partial charge in [-0.25, -0.2) is 8.42 Å². The molecule has 11 heteroatoms. The summed E-state index contributed by atoms with van der Waals surface area (Å²) in [6.45, 7) is 11.0. The number of para-hydroxylation sites is 1. The Balaban J connectivity index is 1.78. The number of aryl methyl sites for hydroxylation is 1. The monoisotopic (exact) mass is 620 g/mol. The first-order valence-corrected chi connectivity index (χ1v) is 16.6. The van der Waals surface area contributed by atoms with Gasteiger partial charge in [0.05, 0.1) is 34.2 Å². The average molecular weight is 621 g/mol. The highest BCUT2D eigenvalue weighted by molar-refractivity contribution is 7.92. The first kappa shape index (κ1) is 32.8. The summed E-state index contributed by atoms with van der Waals surface area (Å²) in [5.74, 6) is 2.37. The Labute approximate surface area is 261 Å². The molecule has 0 bridgehead atoms. The zero-order chi connectivity index (χ0) is 32.0. The Bertz CT molecular complexity index is 1630. The van der Waals surface area contributed by atoms with Crippen molar-refractivity contribution >= 4 is 50.8 Å². The van der Waals surface area contributed by atoms with E-state index in [0.29, 0.717) is 40.6 Å².